The molecule has 2 rings (SSSR count). The third-order valence-electron chi connectivity index (χ3n) is 4.56. The van der Waals surface area contributed by atoms with Crippen LogP contribution < -0.4 is 0 Å². The number of halogens is 2. The topological polar surface area (TPSA) is 20.2 Å². The van der Waals surface area contributed by atoms with E-state index in [0.29, 0.717) is 6.42 Å². The Morgan fingerprint density at radius 2 is 2.05 bits per heavy atom. The van der Waals surface area contributed by atoms with Crippen molar-refractivity contribution in [3.8, 4) is 0 Å². The largest absolute Gasteiger partial charge is 0.389 e. The maximum absolute atomic E-state index is 13.2. The van der Waals surface area contributed by atoms with E-state index < -0.39 is 5.60 Å². The summed E-state index contributed by atoms with van der Waals surface area (Å²) >= 11 is 3.42. The molecule has 1 aromatic rings. The van der Waals surface area contributed by atoms with Crippen LogP contribution in [0, 0.1) is 17.2 Å². The zero-order valence-corrected chi connectivity index (χ0v) is 14.1. The molecule has 0 bridgehead atoms. The lowest BCUT2D eigenvalue weighted by Crippen LogP contribution is -2.48. The molecule has 1 fully saturated rings. The van der Waals surface area contributed by atoms with Crippen molar-refractivity contribution in [2.24, 2.45) is 11.3 Å². The molecule has 2 atom stereocenters. The van der Waals surface area contributed by atoms with Gasteiger partial charge < -0.3 is 5.11 Å². The number of aliphatic hydroxyl groups is 1. The van der Waals surface area contributed by atoms with Gasteiger partial charge >= 0.3 is 0 Å². The quantitative estimate of drug-likeness (QED) is 0.792. The van der Waals surface area contributed by atoms with Gasteiger partial charge in [0.25, 0.3) is 0 Å². The molecule has 1 saturated carbocycles. The highest BCUT2D eigenvalue weighted by atomic mass is 79.9. The third-order valence-corrected chi connectivity index (χ3v) is 5.30. The molecule has 0 saturated heterocycles. The molecule has 20 heavy (non-hydrogen) atoms. The van der Waals surface area contributed by atoms with Gasteiger partial charge in [0, 0.05) is 10.9 Å². The summed E-state index contributed by atoms with van der Waals surface area (Å²) in [5.74, 6) is 0.0318. The van der Waals surface area contributed by atoms with Gasteiger partial charge in [-0.25, -0.2) is 4.39 Å². The summed E-state index contributed by atoms with van der Waals surface area (Å²) in [5, 5.41) is 11.2. The Morgan fingerprint density at radius 1 is 1.35 bits per heavy atom. The lowest BCUT2D eigenvalue weighted by atomic mass is 9.62. The second-order valence-corrected chi connectivity index (χ2v) is 8.03. The lowest BCUT2D eigenvalue weighted by molar-refractivity contribution is -0.0890. The summed E-state index contributed by atoms with van der Waals surface area (Å²) in [7, 11) is 0. The van der Waals surface area contributed by atoms with E-state index in [0.717, 1.165) is 29.3 Å². The van der Waals surface area contributed by atoms with Crippen molar-refractivity contribution in [3.05, 3.63) is 34.1 Å². The Morgan fingerprint density at radius 3 is 2.65 bits per heavy atom. The van der Waals surface area contributed by atoms with Crippen molar-refractivity contribution in [1.82, 2.24) is 0 Å². The van der Waals surface area contributed by atoms with E-state index in [4.69, 9.17) is 0 Å². The number of hydrogen-bond acceptors (Lipinski definition) is 1. The van der Waals surface area contributed by atoms with Gasteiger partial charge in [-0.1, -0.05) is 55.6 Å². The zero-order chi connectivity index (χ0) is 15.0. The predicted molar refractivity (Wildman–Crippen MR) is 84.2 cm³/mol. The van der Waals surface area contributed by atoms with E-state index in [1.807, 2.05) is 0 Å². The van der Waals surface area contributed by atoms with Crippen LogP contribution in [0.4, 0.5) is 4.39 Å². The Kier molecular flexibility index (Phi) is 4.60. The maximum Gasteiger partial charge on any atom is 0.124 e. The van der Waals surface area contributed by atoms with Crippen molar-refractivity contribution in [2.45, 2.75) is 58.5 Å². The van der Waals surface area contributed by atoms with Gasteiger partial charge in [-0.15, -0.1) is 0 Å². The van der Waals surface area contributed by atoms with Gasteiger partial charge in [-0.2, -0.15) is 0 Å². The SMILES string of the molecule is CC(C)(C)C1CCCCC1(O)Cc1ccc(F)cc1Br. The highest BCUT2D eigenvalue weighted by molar-refractivity contribution is 9.10. The van der Waals surface area contributed by atoms with Gasteiger partial charge in [0.1, 0.15) is 5.82 Å². The smallest absolute Gasteiger partial charge is 0.124 e. The van der Waals surface area contributed by atoms with Crippen molar-refractivity contribution < 1.29 is 9.50 Å². The Labute approximate surface area is 129 Å². The van der Waals surface area contributed by atoms with Crippen LogP contribution in [0.2, 0.25) is 0 Å². The van der Waals surface area contributed by atoms with Crippen LogP contribution in [0.1, 0.15) is 52.0 Å². The molecule has 1 aliphatic rings. The van der Waals surface area contributed by atoms with E-state index in [9.17, 15) is 9.50 Å². The molecular weight excluding hydrogens is 319 g/mol. The summed E-state index contributed by atoms with van der Waals surface area (Å²) in [4.78, 5) is 0. The molecule has 0 radical (unpaired) electrons. The summed E-state index contributed by atoms with van der Waals surface area (Å²) in [5.41, 5.74) is 0.392. The highest BCUT2D eigenvalue weighted by Crippen LogP contribution is 2.46. The van der Waals surface area contributed by atoms with Crippen molar-refractivity contribution in [2.75, 3.05) is 0 Å². The van der Waals surface area contributed by atoms with E-state index in [1.54, 1.807) is 6.07 Å². The number of benzene rings is 1. The fourth-order valence-electron chi connectivity index (χ4n) is 3.67. The minimum atomic E-state index is -0.684. The normalized spacial score (nSPS) is 27.6. The molecule has 0 spiro atoms. The van der Waals surface area contributed by atoms with E-state index in [1.165, 1.54) is 18.6 Å². The molecule has 1 N–H and O–H groups in total. The first-order chi connectivity index (χ1) is 9.22. The minimum Gasteiger partial charge on any atom is -0.389 e. The average molecular weight is 343 g/mol. The fraction of sp³-hybridized carbons (Fsp3) is 0.647. The monoisotopic (exact) mass is 342 g/mol. The Hall–Kier alpha value is -0.410. The molecule has 0 aromatic heterocycles. The predicted octanol–water partition coefficient (Wildman–Crippen LogP) is 5.10. The lowest BCUT2D eigenvalue weighted by Gasteiger charge is -2.47. The first-order valence-corrected chi connectivity index (χ1v) is 8.18. The zero-order valence-electron chi connectivity index (χ0n) is 12.5. The van der Waals surface area contributed by atoms with Crippen LogP contribution in [0.3, 0.4) is 0 Å². The molecule has 0 aliphatic heterocycles. The average Bonchev–Trinajstić information content (AvgIpc) is 2.32. The van der Waals surface area contributed by atoms with Crippen LogP contribution in [-0.2, 0) is 6.42 Å². The fourth-order valence-corrected chi connectivity index (χ4v) is 4.16. The molecule has 1 nitrogen and oxygen atoms in total. The van der Waals surface area contributed by atoms with Gasteiger partial charge in [0.15, 0.2) is 0 Å². The van der Waals surface area contributed by atoms with Crippen molar-refractivity contribution in [3.63, 3.8) is 0 Å². The third kappa shape index (κ3) is 3.43. The number of rotatable bonds is 2. The summed E-state index contributed by atoms with van der Waals surface area (Å²) in [6.07, 6.45) is 4.75. The van der Waals surface area contributed by atoms with E-state index in [-0.39, 0.29) is 17.2 Å². The van der Waals surface area contributed by atoms with Crippen LogP contribution in [-0.4, -0.2) is 10.7 Å². The first kappa shape index (κ1) is 16.0. The molecule has 0 heterocycles. The second-order valence-electron chi connectivity index (χ2n) is 7.18. The van der Waals surface area contributed by atoms with Crippen LogP contribution in [0.25, 0.3) is 0 Å². The van der Waals surface area contributed by atoms with Gasteiger partial charge in [0.2, 0.25) is 0 Å². The van der Waals surface area contributed by atoms with Gasteiger partial charge in [-0.05, 0) is 41.9 Å². The number of hydrogen-bond donors (Lipinski definition) is 1. The van der Waals surface area contributed by atoms with Crippen LogP contribution >= 0.6 is 15.9 Å². The summed E-state index contributed by atoms with van der Waals surface area (Å²) in [6, 6.07) is 4.73. The van der Waals surface area contributed by atoms with Gasteiger partial charge in [-0.3, -0.25) is 0 Å². The summed E-state index contributed by atoms with van der Waals surface area (Å²) in [6.45, 7) is 6.61. The van der Waals surface area contributed by atoms with Crippen molar-refractivity contribution >= 4 is 15.9 Å². The Bertz CT molecular complexity index is 480. The van der Waals surface area contributed by atoms with Crippen molar-refractivity contribution in [1.29, 1.82) is 0 Å². The molecule has 2 unspecified atom stereocenters. The van der Waals surface area contributed by atoms with Crippen LogP contribution in [0.5, 0.6) is 0 Å². The molecular formula is C17H24BrFO. The second kappa shape index (κ2) is 5.76. The minimum absolute atomic E-state index is 0.0850. The highest BCUT2D eigenvalue weighted by Gasteiger charge is 2.44. The van der Waals surface area contributed by atoms with E-state index >= 15 is 0 Å². The maximum atomic E-state index is 13.2. The summed E-state index contributed by atoms with van der Waals surface area (Å²) < 4.78 is 13.9. The van der Waals surface area contributed by atoms with Gasteiger partial charge in [0.05, 0.1) is 5.60 Å². The molecule has 1 aromatic carbocycles. The molecule has 112 valence electrons. The standard InChI is InChI=1S/C17H24BrFO/c1-16(2,3)15-6-4-5-9-17(15,20)11-12-7-8-13(19)10-14(12)18/h7-8,10,15,20H,4-6,9,11H2,1-3H3. The molecule has 1 aliphatic carbocycles. The Balaban J connectivity index is 2.28. The molecule has 0 amide bonds. The molecule has 3 heteroatoms. The van der Waals surface area contributed by atoms with E-state index in [2.05, 4.69) is 36.7 Å². The first-order valence-electron chi connectivity index (χ1n) is 7.39. The van der Waals surface area contributed by atoms with Crippen LogP contribution in [0.15, 0.2) is 22.7 Å².